The molecule has 6 rings (SSSR count). The smallest absolute Gasteiger partial charge is 0.407 e. The molecule has 258 valence electrons. The highest BCUT2D eigenvalue weighted by molar-refractivity contribution is 5.89. The molecule has 9 heteroatoms. The number of aliphatic carboxylic acids is 1. The Morgan fingerprint density at radius 2 is 1.12 bits per heavy atom. The molecular weight excluding hydrogens is 642 g/mol. The van der Waals surface area contributed by atoms with Crippen LogP contribution >= 0.6 is 0 Å². The van der Waals surface area contributed by atoms with Crippen LogP contribution in [0.1, 0.15) is 53.5 Å². The van der Waals surface area contributed by atoms with Crippen molar-refractivity contribution in [2.75, 3.05) is 6.61 Å². The number of carboxylic acid groups (broad SMARTS) is 1. The zero-order valence-corrected chi connectivity index (χ0v) is 28.1. The zero-order chi connectivity index (χ0) is 35.8. The normalized spacial score (nSPS) is 13.2. The molecule has 0 radical (unpaired) electrons. The standard InChI is InChI=1S/C42H39N3O6/c1-28(43-41(50)51-27-36-34-23-13-11-21-32(34)33-22-12-14-24-35(33)36)39(47)44-37(40(48)49)25-26-38(46)45-42(29-15-5-2-6-16-29,30-17-7-3-8-18-30)31-19-9-4-10-20-31/h2-24,28,36-37H,25-27H2,1H3,(H,43,50)(H,44,47)(H,45,46)(H,48,49)/t28-,37-/m0/s1. The van der Waals surface area contributed by atoms with Crippen molar-refractivity contribution in [3.05, 3.63) is 167 Å². The van der Waals surface area contributed by atoms with E-state index in [0.717, 1.165) is 38.9 Å². The van der Waals surface area contributed by atoms with Gasteiger partial charge in [-0.15, -0.1) is 0 Å². The van der Waals surface area contributed by atoms with E-state index >= 15 is 0 Å². The van der Waals surface area contributed by atoms with E-state index in [1.165, 1.54) is 6.92 Å². The first-order valence-corrected chi connectivity index (χ1v) is 16.9. The molecular formula is C42H39N3O6. The van der Waals surface area contributed by atoms with Crippen molar-refractivity contribution < 1.29 is 29.0 Å². The quantitative estimate of drug-likeness (QED) is 0.107. The largest absolute Gasteiger partial charge is 0.480 e. The van der Waals surface area contributed by atoms with Crippen LogP contribution in [0.25, 0.3) is 11.1 Å². The van der Waals surface area contributed by atoms with E-state index in [2.05, 4.69) is 16.0 Å². The predicted molar refractivity (Wildman–Crippen MR) is 194 cm³/mol. The number of carboxylic acids is 1. The van der Waals surface area contributed by atoms with E-state index in [9.17, 15) is 24.3 Å². The fourth-order valence-corrected chi connectivity index (χ4v) is 6.76. The van der Waals surface area contributed by atoms with Gasteiger partial charge in [0, 0.05) is 12.3 Å². The molecule has 3 amide bonds. The highest BCUT2D eigenvalue weighted by Crippen LogP contribution is 2.44. The number of amides is 3. The number of fused-ring (bicyclic) bond motifs is 3. The van der Waals surface area contributed by atoms with Crippen molar-refractivity contribution in [3.8, 4) is 11.1 Å². The molecule has 51 heavy (non-hydrogen) atoms. The zero-order valence-electron chi connectivity index (χ0n) is 28.1. The highest BCUT2D eigenvalue weighted by Gasteiger charge is 2.38. The maximum absolute atomic E-state index is 13.7. The SMILES string of the molecule is C[C@H](NC(=O)OCC1c2ccccc2-c2ccccc21)C(=O)N[C@@H](CCC(=O)NC(c1ccccc1)(c1ccccc1)c1ccccc1)C(=O)O. The summed E-state index contributed by atoms with van der Waals surface area (Å²) < 4.78 is 5.55. The van der Waals surface area contributed by atoms with Gasteiger partial charge < -0.3 is 25.8 Å². The first kappa shape index (κ1) is 34.6. The van der Waals surface area contributed by atoms with Crippen molar-refractivity contribution in [2.45, 2.75) is 43.3 Å². The van der Waals surface area contributed by atoms with Crippen LogP contribution in [0.4, 0.5) is 4.79 Å². The van der Waals surface area contributed by atoms with Gasteiger partial charge in [-0.25, -0.2) is 9.59 Å². The summed E-state index contributed by atoms with van der Waals surface area (Å²) in [6.07, 6.45) is -1.18. The lowest BCUT2D eigenvalue weighted by molar-refractivity contribution is -0.142. The van der Waals surface area contributed by atoms with E-state index in [1.54, 1.807) is 0 Å². The van der Waals surface area contributed by atoms with Crippen LogP contribution < -0.4 is 16.0 Å². The topological polar surface area (TPSA) is 134 Å². The van der Waals surface area contributed by atoms with Gasteiger partial charge in [0.05, 0.1) is 0 Å². The van der Waals surface area contributed by atoms with Gasteiger partial charge >= 0.3 is 12.1 Å². The molecule has 4 N–H and O–H groups in total. The number of carbonyl (C=O) groups is 4. The summed E-state index contributed by atoms with van der Waals surface area (Å²) in [6.45, 7) is 1.51. The van der Waals surface area contributed by atoms with E-state index in [0.29, 0.717) is 0 Å². The molecule has 1 aliphatic carbocycles. The Balaban J connectivity index is 1.08. The third-order valence-electron chi connectivity index (χ3n) is 9.29. The second-order valence-electron chi connectivity index (χ2n) is 12.5. The summed E-state index contributed by atoms with van der Waals surface area (Å²) in [7, 11) is 0. The monoisotopic (exact) mass is 681 g/mol. The number of hydrogen-bond donors (Lipinski definition) is 4. The Hall–Kier alpha value is -6.22. The van der Waals surface area contributed by atoms with Gasteiger partial charge in [0.15, 0.2) is 0 Å². The predicted octanol–water partition coefficient (Wildman–Crippen LogP) is 6.37. The maximum Gasteiger partial charge on any atom is 0.407 e. The summed E-state index contributed by atoms with van der Waals surface area (Å²) in [5, 5.41) is 18.2. The second kappa shape index (κ2) is 15.6. The molecule has 0 aliphatic heterocycles. The molecule has 2 atom stereocenters. The fraction of sp³-hybridized carbons (Fsp3) is 0.190. The fourth-order valence-electron chi connectivity index (χ4n) is 6.76. The van der Waals surface area contributed by atoms with Crippen LogP contribution in [0.3, 0.4) is 0 Å². The lowest BCUT2D eigenvalue weighted by Gasteiger charge is -2.37. The summed E-state index contributed by atoms with van der Waals surface area (Å²) in [6, 6.07) is 42.1. The van der Waals surface area contributed by atoms with Gasteiger partial charge in [0.1, 0.15) is 24.2 Å². The molecule has 0 heterocycles. The first-order chi connectivity index (χ1) is 24.8. The third-order valence-corrected chi connectivity index (χ3v) is 9.29. The number of rotatable bonds is 13. The van der Waals surface area contributed by atoms with Gasteiger partial charge in [-0.3, -0.25) is 9.59 Å². The molecule has 0 bridgehead atoms. The molecule has 0 spiro atoms. The Bertz CT molecular complexity index is 1860. The van der Waals surface area contributed by atoms with E-state index in [4.69, 9.17) is 4.74 Å². The van der Waals surface area contributed by atoms with Crippen molar-refractivity contribution in [1.82, 2.24) is 16.0 Å². The van der Waals surface area contributed by atoms with Crippen molar-refractivity contribution in [3.63, 3.8) is 0 Å². The number of hydrogen-bond acceptors (Lipinski definition) is 5. The Morgan fingerprint density at radius 3 is 1.59 bits per heavy atom. The van der Waals surface area contributed by atoms with Crippen molar-refractivity contribution >= 4 is 23.9 Å². The van der Waals surface area contributed by atoms with Crippen LogP contribution in [0.5, 0.6) is 0 Å². The summed E-state index contributed by atoms with van der Waals surface area (Å²) in [5.41, 5.74) is 5.71. The lowest BCUT2D eigenvalue weighted by Crippen LogP contribution is -2.51. The Kier molecular flexibility index (Phi) is 10.6. The first-order valence-electron chi connectivity index (χ1n) is 16.9. The lowest BCUT2D eigenvalue weighted by atomic mass is 9.77. The second-order valence-corrected chi connectivity index (χ2v) is 12.5. The van der Waals surface area contributed by atoms with Crippen molar-refractivity contribution in [1.29, 1.82) is 0 Å². The summed E-state index contributed by atoms with van der Waals surface area (Å²) >= 11 is 0. The van der Waals surface area contributed by atoms with Crippen LogP contribution in [-0.2, 0) is 24.7 Å². The van der Waals surface area contributed by atoms with E-state index < -0.39 is 41.5 Å². The third kappa shape index (κ3) is 7.52. The minimum atomic E-state index is -1.38. The van der Waals surface area contributed by atoms with Gasteiger partial charge in [-0.2, -0.15) is 0 Å². The molecule has 0 fully saturated rings. The molecule has 0 saturated carbocycles. The van der Waals surface area contributed by atoms with E-state index in [1.807, 2.05) is 140 Å². The number of alkyl carbamates (subject to hydrolysis) is 1. The van der Waals surface area contributed by atoms with Crippen LogP contribution in [0.2, 0.25) is 0 Å². The van der Waals surface area contributed by atoms with E-state index in [-0.39, 0.29) is 25.4 Å². The average Bonchev–Trinajstić information content (AvgIpc) is 3.49. The van der Waals surface area contributed by atoms with Crippen LogP contribution in [-0.4, -0.2) is 47.7 Å². The molecule has 5 aromatic rings. The number of ether oxygens (including phenoxy) is 1. The minimum Gasteiger partial charge on any atom is -0.480 e. The maximum atomic E-state index is 13.7. The van der Waals surface area contributed by atoms with Gasteiger partial charge in [-0.1, -0.05) is 140 Å². The Labute approximate surface area is 296 Å². The molecule has 9 nitrogen and oxygen atoms in total. The molecule has 0 saturated heterocycles. The molecule has 0 aromatic heterocycles. The average molecular weight is 682 g/mol. The summed E-state index contributed by atoms with van der Waals surface area (Å²) in [5.74, 6) is -2.58. The molecule has 5 aromatic carbocycles. The highest BCUT2D eigenvalue weighted by atomic mass is 16.5. The van der Waals surface area contributed by atoms with Gasteiger partial charge in [-0.05, 0) is 52.3 Å². The number of benzene rings is 5. The van der Waals surface area contributed by atoms with Crippen LogP contribution in [0.15, 0.2) is 140 Å². The molecule has 1 aliphatic rings. The number of nitrogens with one attached hydrogen (secondary N) is 3. The summed E-state index contributed by atoms with van der Waals surface area (Å²) in [4.78, 5) is 51.8. The Morgan fingerprint density at radius 1 is 0.667 bits per heavy atom. The van der Waals surface area contributed by atoms with Gasteiger partial charge in [0.25, 0.3) is 0 Å². The van der Waals surface area contributed by atoms with Crippen molar-refractivity contribution in [2.24, 2.45) is 0 Å². The molecule has 0 unspecified atom stereocenters. The van der Waals surface area contributed by atoms with Crippen LogP contribution in [0, 0.1) is 0 Å². The van der Waals surface area contributed by atoms with Gasteiger partial charge in [0.2, 0.25) is 11.8 Å². The number of carbonyl (C=O) groups excluding carboxylic acids is 3. The minimum absolute atomic E-state index is 0.0670.